The van der Waals surface area contributed by atoms with Crippen molar-refractivity contribution in [3.8, 4) is 11.3 Å². The van der Waals surface area contributed by atoms with Crippen LogP contribution in [0.2, 0.25) is 25.2 Å². The van der Waals surface area contributed by atoms with Crippen LogP contribution in [0.1, 0.15) is 0 Å². The smallest absolute Gasteiger partial charge is 0.148 e. The van der Waals surface area contributed by atoms with Crippen molar-refractivity contribution in [1.29, 1.82) is 0 Å². The van der Waals surface area contributed by atoms with Gasteiger partial charge in [-0.2, -0.15) is 0 Å². The Hall–Kier alpha value is -0.180. The largest absolute Gasteiger partial charge is 0.233 e. The molecule has 1 nitrogen and oxygen atoms in total. The highest BCUT2D eigenvalue weighted by molar-refractivity contribution is 6.45. The Morgan fingerprint density at radius 1 is 0.824 bits per heavy atom. The second-order valence-electron chi connectivity index (χ2n) is 3.19. The quantitative estimate of drug-likeness (QED) is 0.584. The molecule has 6 heteroatoms. The highest BCUT2D eigenvalue weighted by Crippen LogP contribution is 2.38. The fraction of sp³-hybridized carbons (Fsp3) is 0. The van der Waals surface area contributed by atoms with Gasteiger partial charge in [0.2, 0.25) is 0 Å². The highest BCUT2D eigenvalue weighted by atomic mass is 35.5. The summed E-state index contributed by atoms with van der Waals surface area (Å²) in [5, 5.41) is 1.62. The Labute approximate surface area is 123 Å². The molecule has 0 spiro atoms. The fourth-order valence-corrected chi connectivity index (χ4v) is 2.31. The van der Waals surface area contributed by atoms with E-state index in [0.717, 1.165) is 0 Å². The van der Waals surface area contributed by atoms with Crippen LogP contribution in [0.5, 0.6) is 0 Å². The number of aromatic nitrogens is 1. The van der Waals surface area contributed by atoms with Gasteiger partial charge < -0.3 is 0 Å². The van der Waals surface area contributed by atoms with Gasteiger partial charge in [-0.15, -0.1) is 0 Å². The molecule has 0 saturated heterocycles. The summed E-state index contributed by atoms with van der Waals surface area (Å²) in [6.07, 6.45) is 0. The van der Waals surface area contributed by atoms with Gasteiger partial charge in [0.15, 0.2) is 0 Å². The third-order valence-corrected chi connectivity index (χ3v) is 3.87. The van der Waals surface area contributed by atoms with E-state index in [1.807, 2.05) is 0 Å². The second kappa shape index (κ2) is 5.21. The van der Waals surface area contributed by atoms with E-state index in [1.165, 1.54) is 6.07 Å². The van der Waals surface area contributed by atoms with Crippen molar-refractivity contribution in [3.05, 3.63) is 49.5 Å². The van der Waals surface area contributed by atoms with Crippen molar-refractivity contribution in [1.82, 2.24) is 4.98 Å². The van der Waals surface area contributed by atoms with E-state index in [1.54, 1.807) is 18.2 Å². The number of benzene rings is 1. The Bertz CT molecular complexity index is 582. The van der Waals surface area contributed by atoms with Crippen LogP contribution in [0.25, 0.3) is 11.3 Å². The molecular weight excluding hydrogens is 323 g/mol. The van der Waals surface area contributed by atoms with E-state index in [4.69, 9.17) is 58.0 Å². The molecule has 17 heavy (non-hydrogen) atoms. The van der Waals surface area contributed by atoms with Gasteiger partial charge in [-0.25, -0.2) is 4.98 Å². The van der Waals surface area contributed by atoms with E-state index in [-0.39, 0.29) is 5.15 Å². The Morgan fingerprint density at radius 3 is 2.24 bits per heavy atom. The van der Waals surface area contributed by atoms with E-state index < -0.39 is 0 Å². The second-order valence-corrected chi connectivity index (χ2v) is 5.15. The summed E-state index contributed by atoms with van der Waals surface area (Å²) in [6.45, 7) is 0. The molecule has 1 aromatic heterocycles. The lowest BCUT2D eigenvalue weighted by Crippen LogP contribution is -1.88. The Kier molecular flexibility index (Phi) is 4.06. The lowest BCUT2D eigenvalue weighted by Gasteiger charge is -2.08. The molecule has 0 aliphatic carbocycles. The maximum absolute atomic E-state index is 6.09. The molecule has 0 atom stereocenters. The molecule has 0 aliphatic heterocycles. The van der Waals surface area contributed by atoms with E-state index in [9.17, 15) is 0 Å². The first kappa shape index (κ1) is 13.3. The summed E-state index contributed by atoms with van der Waals surface area (Å²) in [5.41, 5.74) is 1.07. The molecule has 0 N–H and O–H groups in total. The molecule has 0 bridgehead atoms. The summed E-state index contributed by atoms with van der Waals surface area (Å²) in [7, 11) is 0. The SMILES string of the molecule is Clc1cc(Cl)c(-c2cccc(Cl)c2Cl)nc1Cl. The van der Waals surface area contributed by atoms with Crippen LogP contribution in [-0.2, 0) is 0 Å². The van der Waals surface area contributed by atoms with Gasteiger partial charge in [0, 0.05) is 5.56 Å². The van der Waals surface area contributed by atoms with Crippen molar-refractivity contribution in [2.24, 2.45) is 0 Å². The highest BCUT2D eigenvalue weighted by Gasteiger charge is 2.14. The summed E-state index contributed by atoms with van der Waals surface area (Å²) < 4.78 is 0. The first-order chi connectivity index (χ1) is 8.00. The number of pyridine rings is 1. The van der Waals surface area contributed by atoms with Gasteiger partial charge in [-0.05, 0) is 12.1 Å². The molecule has 88 valence electrons. The van der Waals surface area contributed by atoms with Crippen molar-refractivity contribution in [3.63, 3.8) is 0 Å². The van der Waals surface area contributed by atoms with Gasteiger partial charge in [0.25, 0.3) is 0 Å². The van der Waals surface area contributed by atoms with Gasteiger partial charge in [-0.1, -0.05) is 70.1 Å². The van der Waals surface area contributed by atoms with Gasteiger partial charge in [0.1, 0.15) is 5.15 Å². The van der Waals surface area contributed by atoms with Crippen LogP contribution in [-0.4, -0.2) is 4.98 Å². The van der Waals surface area contributed by atoms with Crippen LogP contribution in [0.15, 0.2) is 24.3 Å². The lowest BCUT2D eigenvalue weighted by molar-refractivity contribution is 1.32. The van der Waals surface area contributed by atoms with Crippen LogP contribution >= 0.6 is 58.0 Å². The summed E-state index contributed by atoms with van der Waals surface area (Å²) >= 11 is 29.7. The maximum atomic E-state index is 6.09. The maximum Gasteiger partial charge on any atom is 0.148 e. The molecule has 2 rings (SSSR count). The topological polar surface area (TPSA) is 12.9 Å². The minimum absolute atomic E-state index is 0.169. The van der Waals surface area contributed by atoms with E-state index in [2.05, 4.69) is 4.98 Å². The third-order valence-electron chi connectivity index (χ3n) is 2.09. The molecule has 0 amide bonds. The molecule has 0 fully saturated rings. The molecule has 1 aromatic carbocycles. The zero-order chi connectivity index (χ0) is 12.6. The predicted octanol–water partition coefficient (Wildman–Crippen LogP) is 6.02. The molecule has 0 saturated carbocycles. The number of halogens is 5. The lowest BCUT2D eigenvalue weighted by atomic mass is 10.1. The molecule has 1 heterocycles. The van der Waals surface area contributed by atoms with Crippen molar-refractivity contribution in [2.75, 3.05) is 0 Å². The van der Waals surface area contributed by atoms with Crippen molar-refractivity contribution in [2.45, 2.75) is 0 Å². The Morgan fingerprint density at radius 2 is 1.53 bits per heavy atom. The van der Waals surface area contributed by atoms with Crippen LogP contribution in [0.3, 0.4) is 0 Å². The first-order valence-electron chi connectivity index (χ1n) is 4.46. The van der Waals surface area contributed by atoms with E-state index >= 15 is 0 Å². The summed E-state index contributed by atoms with van der Waals surface area (Å²) in [5.74, 6) is 0. The van der Waals surface area contributed by atoms with Crippen molar-refractivity contribution >= 4 is 58.0 Å². The van der Waals surface area contributed by atoms with Crippen LogP contribution < -0.4 is 0 Å². The normalized spacial score (nSPS) is 10.6. The zero-order valence-corrected chi connectivity index (χ0v) is 11.9. The van der Waals surface area contributed by atoms with Gasteiger partial charge in [-0.3, -0.25) is 0 Å². The monoisotopic (exact) mass is 325 g/mol. The number of rotatable bonds is 1. The first-order valence-corrected chi connectivity index (χ1v) is 6.35. The molecule has 0 radical (unpaired) electrons. The van der Waals surface area contributed by atoms with Crippen LogP contribution in [0.4, 0.5) is 0 Å². The number of hydrogen-bond donors (Lipinski definition) is 0. The molecule has 0 unspecified atom stereocenters. The summed E-state index contributed by atoms with van der Waals surface area (Å²) in [6, 6.07) is 6.71. The van der Waals surface area contributed by atoms with E-state index in [0.29, 0.717) is 31.3 Å². The molecule has 0 aliphatic rings. The van der Waals surface area contributed by atoms with Gasteiger partial charge in [0.05, 0.1) is 25.8 Å². The third kappa shape index (κ3) is 2.64. The predicted molar refractivity (Wildman–Crippen MR) is 74.7 cm³/mol. The number of nitrogens with zero attached hydrogens (tertiary/aromatic N) is 1. The average Bonchev–Trinajstić information content (AvgIpc) is 2.28. The zero-order valence-electron chi connectivity index (χ0n) is 8.15. The van der Waals surface area contributed by atoms with Crippen molar-refractivity contribution < 1.29 is 0 Å². The molecule has 2 aromatic rings. The fourth-order valence-electron chi connectivity index (χ4n) is 1.32. The minimum atomic E-state index is 0.169. The summed E-state index contributed by atoms with van der Waals surface area (Å²) in [4.78, 5) is 4.10. The Balaban J connectivity index is 2.69. The standard InChI is InChI=1S/C11H4Cl5N/c12-6-3-1-2-5(9(6)15)10-7(13)4-8(14)11(16)17-10/h1-4H. The number of hydrogen-bond acceptors (Lipinski definition) is 1. The minimum Gasteiger partial charge on any atom is -0.233 e. The average molecular weight is 327 g/mol. The molecular formula is C11H4Cl5N. The van der Waals surface area contributed by atoms with Crippen LogP contribution in [0, 0.1) is 0 Å². The van der Waals surface area contributed by atoms with Gasteiger partial charge >= 0.3 is 0 Å².